The maximum Gasteiger partial charge on any atom is 0.407 e. The summed E-state index contributed by atoms with van der Waals surface area (Å²) in [5, 5.41) is 11.9. The van der Waals surface area contributed by atoms with Crippen molar-refractivity contribution in [2.75, 3.05) is 6.61 Å². The number of carbonyl (C=O) groups is 2. The van der Waals surface area contributed by atoms with E-state index in [-0.39, 0.29) is 24.0 Å². The Bertz CT molecular complexity index is 437. The molecule has 0 saturated heterocycles. The smallest absolute Gasteiger partial charge is 0.407 e. The zero-order valence-corrected chi connectivity index (χ0v) is 17.6. The number of alkyl carbamates (subject to hydrolysis) is 1. The number of carboxylic acid groups (broad SMARTS) is 1. The molecule has 0 saturated carbocycles. The Morgan fingerprint density at radius 3 is 2.00 bits per heavy atom. The van der Waals surface area contributed by atoms with E-state index in [0.29, 0.717) is 0 Å². The van der Waals surface area contributed by atoms with Gasteiger partial charge < -0.3 is 19.6 Å². The molecular weight excluding hydrogens is 326 g/mol. The summed E-state index contributed by atoms with van der Waals surface area (Å²) in [4.78, 5) is 23.1. The van der Waals surface area contributed by atoms with E-state index in [1.807, 2.05) is 0 Å². The van der Waals surface area contributed by atoms with Crippen molar-refractivity contribution in [2.24, 2.45) is 5.92 Å². The molecule has 0 radical (unpaired) electrons. The van der Waals surface area contributed by atoms with Gasteiger partial charge >= 0.3 is 12.1 Å². The predicted molar refractivity (Wildman–Crippen MR) is 97.7 cm³/mol. The monoisotopic (exact) mass is 361 g/mol. The van der Waals surface area contributed by atoms with E-state index >= 15 is 0 Å². The minimum absolute atomic E-state index is 0.0404. The number of carboxylic acids is 1. The third-order valence-electron chi connectivity index (χ3n) is 4.32. The van der Waals surface area contributed by atoms with E-state index in [9.17, 15) is 9.59 Å². The average Bonchev–Trinajstić information content (AvgIpc) is 2.29. The van der Waals surface area contributed by atoms with E-state index in [1.54, 1.807) is 27.7 Å². The molecule has 0 aromatic carbocycles. The molecule has 1 amide bonds. The van der Waals surface area contributed by atoms with Gasteiger partial charge in [-0.15, -0.1) is 0 Å². The van der Waals surface area contributed by atoms with Gasteiger partial charge in [0.25, 0.3) is 0 Å². The molecule has 24 heavy (non-hydrogen) atoms. The highest BCUT2D eigenvalue weighted by Crippen LogP contribution is 2.36. The first-order chi connectivity index (χ1) is 10.5. The summed E-state index contributed by atoms with van der Waals surface area (Å²) >= 11 is 0. The Labute approximate surface area is 147 Å². The molecule has 0 fully saturated rings. The summed E-state index contributed by atoms with van der Waals surface area (Å²) in [6.45, 7) is 18.1. The molecule has 2 N–H and O–H groups in total. The van der Waals surface area contributed by atoms with Crippen LogP contribution in [0.5, 0.6) is 0 Å². The SMILES string of the molecule is C[C@H](CC(=O)O)[C@@H](CO[Si](C)(C)C(C)(C)C)NC(=O)OC(C)(C)C. The van der Waals surface area contributed by atoms with Gasteiger partial charge in [-0.05, 0) is 44.8 Å². The van der Waals surface area contributed by atoms with Crippen LogP contribution in [0.1, 0.15) is 54.9 Å². The minimum Gasteiger partial charge on any atom is -0.481 e. The highest BCUT2D eigenvalue weighted by molar-refractivity contribution is 6.74. The van der Waals surface area contributed by atoms with Crippen LogP contribution in [0.25, 0.3) is 0 Å². The zero-order chi connectivity index (χ0) is 19.3. The van der Waals surface area contributed by atoms with Crippen LogP contribution in [0.3, 0.4) is 0 Å². The number of rotatable bonds is 7. The van der Waals surface area contributed by atoms with Crippen molar-refractivity contribution in [1.29, 1.82) is 0 Å². The Kier molecular flexibility index (Phi) is 7.96. The number of hydrogen-bond acceptors (Lipinski definition) is 4. The molecule has 0 bridgehead atoms. The van der Waals surface area contributed by atoms with E-state index in [2.05, 4.69) is 39.2 Å². The summed E-state index contributed by atoms with van der Waals surface area (Å²) in [7, 11) is -1.99. The minimum atomic E-state index is -1.99. The lowest BCUT2D eigenvalue weighted by Gasteiger charge is -2.38. The molecule has 0 spiro atoms. The summed E-state index contributed by atoms with van der Waals surface area (Å²) in [5.74, 6) is -1.16. The van der Waals surface area contributed by atoms with Gasteiger partial charge in [0.15, 0.2) is 8.32 Å². The van der Waals surface area contributed by atoms with Crippen LogP contribution in [-0.2, 0) is 14.0 Å². The predicted octanol–water partition coefficient (Wildman–Crippen LogP) is 4.01. The standard InChI is InChI=1S/C17H35NO5Si/c1-12(10-14(19)20)13(18-15(21)23-16(2,3)4)11-22-24(8,9)17(5,6)7/h12-13H,10-11H2,1-9H3,(H,18,21)(H,19,20)/t12-,13-/m1/s1. The average molecular weight is 362 g/mol. The van der Waals surface area contributed by atoms with Gasteiger partial charge in [-0.1, -0.05) is 27.7 Å². The van der Waals surface area contributed by atoms with Crippen molar-refractivity contribution < 1.29 is 23.9 Å². The molecule has 0 aromatic heterocycles. The molecule has 142 valence electrons. The van der Waals surface area contributed by atoms with Crippen LogP contribution in [0.15, 0.2) is 0 Å². The van der Waals surface area contributed by atoms with Gasteiger partial charge in [-0.3, -0.25) is 4.79 Å². The molecule has 0 aromatic rings. The largest absolute Gasteiger partial charge is 0.481 e. The maximum atomic E-state index is 12.1. The quantitative estimate of drug-likeness (QED) is 0.669. The van der Waals surface area contributed by atoms with Crippen molar-refractivity contribution in [3.8, 4) is 0 Å². The molecular formula is C17H35NO5Si. The number of amides is 1. The summed E-state index contributed by atoms with van der Waals surface area (Å²) in [6.07, 6.45) is -0.593. The zero-order valence-electron chi connectivity index (χ0n) is 16.6. The van der Waals surface area contributed by atoms with Crippen molar-refractivity contribution in [2.45, 2.75) is 84.7 Å². The van der Waals surface area contributed by atoms with Gasteiger partial charge in [0.05, 0.1) is 12.6 Å². The third kappa shape index (κ3) is 8.68. The second-order valence-electron chi connectivity index (χ2n) is 8.90. The first-order valence-electron chi connectivity index (χ1n) is 8.40. The van der Waals surface area contributed by atoms with Crippen LogP contribution in [-0.4, -0.2) is 43.7 Å². The number of aliphatic carboxylic acids is 1. The van der Waals surface area contributed by atoms with Gasteiger partial charge in [-0.2, -0.15) is 0 Å². The number of carbonyl (C=O) groups excluding carboxylic acids is 1. The van der Waals surface area contributed by atoms with E-state index in [0.717, 1.165) is 0 Å². The van der Waals surface area contributed by atoms with Crippen molar-refractivity contribution in [3.63, 3.8) is 0 Å². The molecule has 0 rings (SSSR count). The molecule has 0 unspecified atom stereocenters. The van der Waals surface area contributed by atoms with Crippen LogP contribution >= 0.6 is 0 Å². The van der Waals surface area contributed by atoms with Crippen LogP contribution in [0.2, 0.25) is 18.1 Å². The Morgan fingerprint density at radius 1 is 1.12 bits per heavy atom. The lowest BCUT2D eigenvalue weighted by molar-refractivity contribution is -0.138. The van der Waals surface area contributed by atoms with Crippen molar-refractivity contribution in [1.82, 2.24) is 5.32 Å². The summed E-state index contributed by atoms with van der Waals surface area (Å²) in [6, 6.07) is -0.412. The molecule has 6 nitrogen and oxygen atoms in total. The molecule has 0 aliphatic heterocycles. The fraction of sp³-hybridized carbons (Fsp3) is 0.882. The molecule has 0 aliphatic rings. The summed E-state index contributed by atoms with van der Waals surface area (Å²) in [5.41, 5.74) is -0.606. The first kappa shape index (κ1) is 22.9. The molecule has 0 aliphatic carbocycles. The van der Waals surface area contributed by atoms with Gasteiger partial charge in [0, 0.05) is 6.42 Å². The molecule has 2 atom stereocenters. The third-order valence-corrected chi connectivity index (χ3v) is 8.82. The summed E-state index contributed by atoms with van der Waals surface area (Å²) < 4.78 is 11.4. The van der Waals surface area contributed by atoms with Crippen LogP contribution in [0, 0.1) is 5.92 Å². The Balaban J connectivity index is 5.01. The van der Waals surface area contributed by atoms with E-state index in [4.69, 9.17) is 14.3 Å². The fourth-order valence-corrected chi connectivity index (χ4v) is 2.77. The van der Waals surface area contributed by atoms with Crippen molar-refractivity contribution >= 4 is 20.4 Å². The number of ether oxygens (including phenoxy) is 1. The lowest BCUT2D eigenvalue weighted by Crippen LogP contribution is -2.49. The first-order valence-corrected chi connectivity index (χ1v) is 11.3. The van der Waals surface area contributed by atoms with E-state index < -0.39 is 32.0 Å². The van der Waals surface area contributed by atoms with Crippen LogP contribution in [0.4, 0.5) is 4.79 Å². The number of hydrogen-bond donors (Lipinski definition) is 2. The number of nitrogens with one attached hydrogen (secondary N) is 1. The Hall–Kier alpha value is -1.08. The fourth-order valence-electron chi connectivity index (χ4n) is 1.74. The topological polar surface area (TPSA) is 84.9 Å². The lowest BCUT2D eigenvalue weighted by atomic mass is 9.99. The Morgan fingerprint density at radius 2 is 1.62 bits per heavy atom. The maximum absolute atomic E-state index is 12.1. The molecule has 7 heteroatoms. The van der Waals surface area contributed by atoms with Crippen LogP contribution < -0.4 is 5.32 Å². The normalized spacial score (nSPS) is 15.5. The second-order valence-corrected chi connectivity index (χ2v) is 13.7. The van der Waals surface area contributed by atoms with Gasteiger partial charge in [0.1, 0.15) is 5.60 Å². The van der Waals surface area contributed by atoms with E-state index in [1.165, 1.54) is 0 Å². The molecule has 0 heterocycles. The second kappa shape index (κ2) is 8.34. The van der Waals surface area contributed by atoms with Crippen molar-refractivity contribution in [3.05, 3.63) is 0 Å². The van der Waals surface area contributed by atoms with Gasteiger partial charge in [-0.25, -0.2) is 4.79 Å². The highest BCUT2D eigenvalue weighted by atomic mass is 28.4. The van der Waals surface area contributed by atoms with Gasteiger partial charge in [0.2, 0.25) is 0 Å². The highest BCUT2D eigenvalue weighted by Gasteiger charge is 2.38.